The van der Waals surface area contributed by atoms with E-state index in [0.717, 1.165) is 37.6 Å². The molecule has 3 heterocycles. The topological polar surface area (TPSA) is 88.0 Å². The highest BCUT2D eigenvalue weighted by Gasteiger charge is 2.19. The molecule has 0 aliphatic carbocycles. The number of aliphatic hydroxyl groups excluding tert-OH is 1. The molecule has 0 saturated carbocycles. The molecule has 1 N–H and O–H groups in total. The number of benzene rings is 1. The zero-order valence-corrected chi connectivity index (χ0v) is 17.0. The van der Waals surface area contributed by atoms with Gasteiger partial charge >= 0.3 is 0 Å². The lowest BCUT2D eigenvalue weighted by atomic mass is 10.2. The molecule has 1 aliphatic heterocycles. The lowest BCUT2D eigenvalue weighted by molar-refractivity contribution is 0.00576. The van der Waals surface area contributed by atoms with Crippen LogP contribution in [0.1, 0.15) is 11.7 Å². The van der Waals surface area contributed by atoms with Crippen molar-refractivity contribution < 1.29 is 18.8 Å². The maximum atomic E-state index is 10.6. The van der Waals surface area contributed by atoms with Gasteiger partial charge in [-0.1, -0.05) is 35.5 Å². The molecule has 0 bridgehead atoms. The predicted molar refractivity (Wildman–Crippen MR) is 111 cm³/mol. The van der Waals surface area contributed by atoms with Crippen LogP contribution in [0.3, 0.4) is 0 Å². The van der Waals surface area contributed by atoms with Crippen molar-refractivity contribution in [1.82, 2.24) is 19.9 Å². The molecule has 1 unspecified atom stereocenters. The summed E-state index contributed by atoms with van der Waals surface area (Å²) in [7, 11) is 0. The van der Waals surface area contributed by atoms with Crippen molar-refractivity contribution in [3.63, 3.8) is 0 Å². The number of β-amino-alcohol motifs (C(OH)–C–C–N with tert-alkyl or cyclic N) is 1. The summed E-state index contributed by atoms with van der Waals surface area (Å²) in [5.41, 5.74) is 0.931. The van der Waals surface area contributed by atoms with Crippen LogP contribution < -0.4 is 0 Å². The monoisotopic (exact) mass is 412 g/mol. The van der Waals surface area contributed by atoms with Crippen LogP contribution in [0.5, 0.6) is 0 Å². The summed E-state index contributed by atoms with van der Waals surface area (Å²) in [6, 6.07) is 13.6. The molecule has 3 aromatic rings. The third kappa shape index (κ3) is 5.99. The van der Waals surface area contributed by atoms with Gasteiger partial charge in [-0.05, 0) is 12.1 Å². The van der Waals surface area contributed by atoms with Crippen molar-refractivity contribution in [1.29, 1.82) is 0 Å². The first kappa shape index (κ1) is 20.7. The van der Waals surface area contributed by atoms with Crippen LogP contribution in [0, 0.1) is 0 Å². The van der Waals surface area contributed by atoms with Gasteiger partial charge in [0.2, 0.25) is 11.7 Å². The Kier molecular flexibility index (Phi) is 7.25. The van der Waals surface area contributed by atoms with Gasteiger partial charge in [-0.15, -0.1) is 0 Å². The smallest absolute Gasteiger partial charge is 0.228 e. The zero-order valence-electron chi connectivity index (χ0n) is 17.0. The van der Waals surface area contributed by atoms with Crippen molar-refractivity contribution in [2.75, 3.05) is 45.9 Å². The van der Waals surface area contributed by atoms with Crippen molar-refractivity contribution in [2.24, 2.45) is 0 Å². The Balaban J connectivity index is 1.34. The molecule has 0 amide bonds. The van der Waals surface area contributed by atoms with E-state index in [0.29, 0.717) is 44.3 Å². The number of nitrogens with zero attached hydrogens (tertiary/aromatic N) is 4. The van der Waals surface area contributed by atoms with Gasteiger partial charge in [0.1, 0.15) is 5.76 Å². The minimum absolute atomic E-state index is 0.458. The second kappa shape index (κ2) is 10.5. The maximum absolute atomic E-state index is 10.6. The molecule has 1 atom stereocenters. The minimum atomic E-state index is -0.458. The van der Waals surface area contributed by atoms with Crippen LogP contribution >= 0.6 is 0 Å². The summed E-state index contributed by atoms with van der Waals surface area (Å²) < 4.78 is 16.3. The summed E-state index contributed by atoms with van der Waals surface area (Å²) in [5, 5.41) is 14.7. The molecule has 8 nitrogen and oxygen atoms in total. The Hall–Kier alpha value is -2.52. The molecule has 8 heteroatoms. The van der Waals surface area contributed by atoms with E-state index in [1.54, 1.807) is 6.26 Å². The summed E-state index contributed by atoms with van der Waals surface area (Å²) in [6.07, 6.45) is 1.81. The number of rotatable bonds is 10. The first-order valence-electron chi connectivity index (χ1n) is 10.4. The Morgan fingerprint density at radius 3 is 2.70 bits per heavy atom. The van der Waals surface area contributed by atoms with Gasteiger partial charge in [-0.3, -0.25) is 9.80 Å². The number of hydrogen-bond donors (Lipinski definition) is 1. The van der Waals surface area contributed by atoms with Crippen molar-refractivity contribution in [2.45, 2.75) is 19.1 Å². The average molecular weight is 412 g/mol. The number of aliphatic hydroxyl groups is 1. The van der Waals surface area contributed by atoms with E-state index >= 15 is 0 Å². The molecule has 160 valence electrons. The standard InChI is InChI=1S/C22H28N4O4/c27-19(15-25-10-13-28-14-11-25)16-26(17-20-7-4-12-29-20)9-8-21-23-22(24-30-21)18-5-2-1-3-6-18/h1-7,12,19,27H,8-11,13-17H2. The van der Waals surface area contributed by atoms with Crippen LogP contribution in [0.2, 0.25) is 0 Å². The highest BCUT2D eigenvalue weighted by atomic mass is 16.5. The summed E-state index contributed by atoms with van der Waals surface area (Å²) in [6.45, 7) is 5.64. The van der Waals surface area contributed by atoms with Crippen LogP contribution in [-0.2, 0) is 17.7 Å². The fourth-order valence-corrected chi connectivity index (χ4v) is 3.61. The zero-order chi connectivity index (χ0) is 20.6. The molecule has 1 saturated heterocycles. The van der Waals surface area contributed by atoms with Crippen LogP contribution in [0.25, 0.3) is 11.4 Å². The first-order chi connectivity index (χ1) is 14.8. The van der Waals surface area contributed by atoms with Crippen molar-refractivity contribution in [3.05, 3.63) is 60.4 Å². The molecule has 30 heavy (non-hydrogen) atoms. The first-order valence-corrected chi connectivity index (χ1v) is 10.4. The second-order valence-corrected chi connectivity index (χ2v) is 7.51. The lowest BCUT2D eigenvalue weighted by Gasteiger charge is -2.30. The van der Waals surface area contributed by atoms with E-state index < -0.39 is 6.10 Å². The largest absolute Gasteiger partial charge is 0.468 e. The SMILES string of the molecule is OC(CN1CCOCC1)CN(CCc1nc(-c2ccccc2)no1)Cc1ccco1. The lowest BCUT2D eigenvalue weighted by Crippen LogP contribution is -2.44. The van der Waals surface area contributed by atoms with Crippen LogP contribution in [0.15, 0.2) is 57.7 Å². The van der Waals surface area contributed by atoms with E-state index in [2.05, 4.69) is 19.9 Å². The molecule has 0 radical (unpaired) electrons. The molecule has 1 aliphatic rings. The van der Waals surface area contributed by atoms with E-state index in [9.17, 15) is 5.11 Å². The van der Waals surface area contributed by atoms with Gasteiger partial charge in [-0.2, -0.15) is 4.98 Å². The highest BCUT2D eigenvalue weighted by molar-refractivity contribution is 5.53. The van der Waals surface area contributed by atoms with Gasteiger partial charge in [-0.25, -0.2) is 0 Å². The van der Waals surface area contributed by atoms with Crippen molar-refractivity contribution in [3.8, 4) is 11.4 Å². The van der Waals surface area contributed by atoms with Crippen molar-refractivity contribution >= 4 is 0 Å². The van der Waals surface area contributed by atoms with Crippen LogP contribution in [-0.4, -0.2) is 77.1 Å². The fourth-order valence-electron chi connectivity index (χ4n) is 3.61. The number of ether oxygens (including phenoxy) is 1. The van der Waals surface area contributed by atoms with Gasteiger partial charge in [0.05, 0.1) is 32.1 Å². The van der Waals surface area contributed by atoms with E-state index in [1.165, 1.54) is 0 Å². The van der Waals surface area contributed by atoms with Gasteiger partial charge in [0, 0.05) is 44.7 Å². The summed E-state index contributed by atoms with van der Waals surface area (Å²) in [4.78, 5) is 8.91. The number of morpholine rings is 1. The maximum Gasteiger partial charge on any atom is 0.228 e. The van der Waals surface area contributed by atoms with E-state index in [4.69, 9.17) is 13.7 Å². The molecule has 4 rings (SSSR count). The average Bonchev–Trinajstić information content (AvgIpc) is 3.45. The van der Waals surface area contributed by atoms with Gasteiger partial charge in [0.15, 0.2) is 0 Å². The molecule has 1 aromatic carbocycles. The molecule has 0 spiro atoms. The summed E-state index contributed by atoms with van der Waals surface area (Å²) in [5.74, 6) is 2.04. The number of furan rings is 1. The second-order valence-electron chi connectivity index (χ2n) is 7.51. The van der Waals surface area contributed by atoms with Crippen LogP contribution in [0.4, 0.5) is 0 Å². The fraction of sp³-hybridized carbons (Fsp3) is 0.455. The quantitative estimate of drug-likeness (QED) is 0.541. The van der Waals surface area contributed by atoms with E-state index in [-0.39, 0.29) is 0 Å². The molecular formula is C22H28N4O4. The predicted octanol–water partition coefficient (Wildman–Crippen LogP) is 2.07. The molecule has 2 aromatic heterocycles. The number of hydrogen-bond acceptors (Lipinski definition) is 8. The Bertz CT molecular complexity index is 862. The molecule has 1 fully saturated rings. The third-order valence-corrected chi connectivity index (χ3v) is 5.14. The minimum Gasteiger partial charge on any atom is -0.468 e. The number of aromatic nitrogens is 2. The molecular weight excluding hydrogens is 384 g/mol. The van der Waals surface area contributed by atoms with E-state index in [1.807, 2.05) is 42.5 Å². The highest BCUT2D eigenvalue weighted by Crippen LogP contribution is 2.15. The Morgan fingerprint density at radius 2 is 1.93 bits per heavy atom. The summed E-state index contributed by atoms with van der Waals surface area (Å²) >= 11 is 0. The van der Waals surface area contributed by atoms with Gasteiger partial charge in [0.25, 0.3) is 0 Å². The van der Waals surface area contributed by atoms with Gasteiger partial charge < -0.3 is 18.8 Å². The Labute approximate surface area is 176 Å². The Morgan fingerprint density at radius 1 is 1.10 bits per heavy atom. The third-order valence-electron chi connectivity index (χ3n) is 5.14. The normalized spacial score (nSPS) is 16.2.